The summed E-state index contributed by atoms with van der Waals surface area (Å²) >= 11 is 1.54. The number of carboxylic acid groups (broad SMARTS) is 1. The monoisotopic (exact) mass is 564 g/mol. The van der Waals surface area contributed by atoms with Crippen LogP contribution >= 0.6 is 11.3 Å². The van der Waals surface area contributed by atoms with E-state index in [-0.39, 0.29) is 17.8 Å². The first-order valence-electron chi connectivity index (χ1n) is 13.2. The van der Waals surface area contributed by atoms with Gasteiger partial charge >= 0.3 is 5.97 Å². The van der Waals surface area contributed by atoms with Gasteiger partial charge in [-0.25, -0.2) is 14.2 Å². The van der Waals surface area contributed by atoms with Crippen LogP contribution < -0.4 is 15.2 Å². The van der Waals surface area contributed by atoms with Gasteiger partial charge in [0.25, 0.3) is 0 Å². The van der Waals surface area contributed by atoms with Crippen LogP contribution in [0.5, 0.6) is 0 Å². The minimum Gasteiger partial charge on any atom is -0.477 e. The Kier molecular flexibility index (Phi) is 7.03. The van der Waals surface area contributed by atoms with Crippen LogP contribution in [0.1, 0.15) is 23.7 Å². The summed E-state index contributed by atoms with van der Waals surface area (Å²) in [5, 5.41) is 10.6. The van der Waals surface area contributed by atoms with Crippen molar-refractivity contribution in [3.05, 3.63) is 70.3 Å². The lowest BCUT2D eigenvalue weighted by atomic mass is 10.1. The summed E-state index contributed by atoms with van der Waals surface area (Å²) in [6.45, 7) is 5.53. The zero-order valence-corrected chi connectivity index (χ0v) is 23.0. The van der Waals surface area contributed by atoms with E-state index in [2.05, 4.69) is 4.90 Å². The van der Waals surface area contributed by atoms with Crippen LogP contribution in [0.3, 0.4) is 0 Å². The molecule has 11 heteroatoms. The molecule has 0 bridgehead atoms. The van der Waals surface area contributed by atoms with Crippen molar-refractivity contribution in [3.63, 3.8) is 0 Å². The van der Waals surface area contributed by atoms with Crippen molar-refractivity contribution in [2.75, 3.05) is 49.7 Å². The van der Waals surface area contributed by atoms with Gasteiger partial charge in [0.05, 0.1) is 33.8 Å². The Morgan fingerprint density at radius 3 is 2.62 bits per heavy atom. The molecule has 40 heavy (non-hydrogen) atoms. The summed E-state index contributed by atoms with van der Waals surface area (Å²) in [6.07, 6.45) is 2.40. The van der Waals surface area contributed by atoms with Gasteiger partial charge in [-0.15, -0.1) is 0 Å². The molecule has 2 aromatic heterocycles. The van der Waals surface area contributed by atoms with Gasteiger partial charge in [-0.3, -0.25) is 4.79 Å². The number of pyridine rings is 1. The third kappa shape index (κ3) is 4.85. The quantitative estimate of drug-likeness (QED) is 0.336. The highest BCUT2D eigenvalue weighted by atomic mass is 32.1. The van der Waals surface area contributed by atoms with Gasteiger partial charge in [-0.1, -0.05) is 17.4 Å². The molecule has 208 valence electrons. The molecule has 2 aliphatic rings. The molecule has 2 saturated heterocycles. The van der Waals surface area contributed by atoms with E-state index in [9.17, 15) is 14.7 Å². The number of fused-ring (bicyclic) bond motifs is 1. The number of halogens is 1. The fourth-order valence-electron chi connectivity index (χ4n) is 5.31. The third-order valence-corrected chi connectivity index (χ3v) is 8.58. The Hall–Kier alpha value is -3.80. The zero-order valence-electron chi connectivity index (χ0n) is 22.2. The molecule has 0 amide bonds. The Bertz CT molecular complexity index is 1650. The number of benzene rings is 2. The molecule has 0 spiro atoms. The lowest BCUT2D eigenvalue weighted by Crippen LogP contribution is -2.52. The first-order valence-corrected chi connectivity index (χ1v) is 14.0. The number of ether oxygens (including phenoxy) is 2. The van der Waals surface area contributed by atoms with Crippen LogP contribution in [0.4, 0.5) is 15.2 Å². The van der Waals surface area contributed by atoms with Crippen molar-refractivity contribution >= 4 is 38.3 Å². The van der Waals surface area contributed by atoms with Crippen molar-refractivity contribution in [2.24, 2.45) is 0 Å². The summed E-state index contributed by atoms with van der Waals surface area (Å²) in [5.41, 5.74) is 1.77. The number of anilines is 2. The predicted molar refractivity (Wildman–Crippen MR) is 153 cm³/mol. The molecule has 4 aromatic rings. The first kappa shape index (κ1) is 26.4. The highest BCUT2D eigenvalue weighted by Gasteiger charge is 2.29. The maximum absolute atomic E-state index is 15.4. The van der Waals surface area contributed by atoms with Gasteiger partial charge in [0.15, 0.2) is 10.6 Å². The number of carboxylic acids is 1. The molecule has 2 fully saturated rings. The predicted octanol–water partition coefficient (Wildman–Crippen LogP) is 4.40. The van der Waals surface area contributed by atoms with Gasteiger partial charge in [-0.05, 0) is 43.7 Å². The van der Waals surface area contributed by atoms with E-state index in [1.807, 2.05) is 30.0 Å². The van der Waals surface area contributed by atoms with Crippen molar-refractivity contribution in [1.82, 2.24) is 9.55 Å². The number of hydrogen-bond acceptors (Lipinski definition) is 8. The summed E-state index contributed by atoms with van der Waals surface area (Å²) in [4.78, 5) is 33.4. The van der Waals surface area contributed by atoms with Crippen LogP contribution in [0.25, 0.3) is 27.2 Å². The van der Waals surface area contributed by atoms with Crippen LogP contribution in [-0.2, 0) is 9.47 Å². The standard InChI is InChI=1S/C29H29FN4O5S/c1-3-39-20-14-33(15-20)29-31-23-6-5-18(11-27(23)40-29)34-16-21(28(36)37)26(35)12-25(34)17-4-7-24(22(30)10-17)32-9-8-19(13-32)38-2/h4-7,10-12,16,19-20H,3,8-9,13-15H2,1-2H3,(H,36,37). The van der Waals surface area contributed by atoms with Crippen molar-refractivity contribution in [3.8, 4) is 16.9 Å². The minimum atomic E-state index is -1.32. The molecule has 9 nitrogen and oxygen atoms in total. The molecule has 1 atom stereocenters. The lowest BCUT2D eigenvalue weighted by Gasteiger charge is -2.38. The zero-order chi connectivity index (χ0) is 28.0. The van der Waals surface area contributed by atoms with E-state index < -0.39 is 17.2 Å². The fourth-order valence-corrected chi connectivity index (χ4v) is 6.33. The molecule has 2 aromatic carbocycles. The fraction of sp³-hybridized carbons (Fsp3) is 0.345. The summed E-state index contributed by atoms with van der Waals surface area (Å²) < 4.78 is 29.0. The smallest absolute Gasteiger partial charge is 0.341 e. The Balaban J connectivity index is 1.38. The number of nitrogens with zero attached hydrogens (tertiary/aromatic N) is 4. The Labute approximate surface area is 234 Å². The van der Waals surface area contributed by atoms with Crippen LogP contribution in [0.2, 0.25) is 0 Å². The molecule has 1 N–H and O–H groups in total. The highest BCUT2D eigenvalue weighted by molar-refractivity contribution is 7.22. The summed E-state index contributed by atoms with van der Waals surface area (Å²) in [7, 11) is 1.65. The molecule has 0 radical (unpaired) electrons. The van der Waals surface area contributed by atoms with E-state index in [1.165, 1.54) is 29.7 Å². The second-order valence-electron chi connectivity index (χ2n) is 10.0. The average Bonchev–Trinajstić information content (AvgIpc) is 3.56. The molecular formula is C29H29FN4O5S. The lowest BCUT2D eigenvalue weighted by molar-refractivity contribution is 0.0430. The van der Waals surface area contributed by atoms with Gasteiger partial charge in [0.1, 0.15) is 11.4 Å². The highest BCUT2D eigenvalue weighted by Crippen LogP contribution is 2.35. The second-order valence-corrected chi connectivity index (χ2v) is 11.0. The molecule has 0 aliphatic carbocycles. The van der Waals surface area contributed by atoms with Crippen LogP contribution in [0.15, 0.2) is 53.5 Å². The second kappa shape index (κ2) is 10.6. The normalized spacial score (nSPS) is 17.5. The van der Waals surface area contributed by atoms with Crippen molar-refractivity contribution in [2.45, 2.75) is 25.6 Å². The van der Waals surface area contributed by atoms with Crippen molar-refractivity contribution < 1.29 is 23.8 Å². The van der Waals surface area contributed by atoms with Crippen LogP contribution in [-0.4, -0.2) is 72.7 Å². The average molecular weight is 565 g/mol. The first-order chi connectivity index (χ1) is 19.3. The van der Waals surface area contributed by atoms with E-state index in [1.54, 1.807) is 23.8 Å². The molecule has 1 unspecified atom stereocenters. The summed E-state index contributed by atoms with van der Waals surface area (Å²) in [5.74, 6) is -1.74. The summed E-state index contributed by atoms with van der Waals surface area (Å²) in [6, 6.07) is 11.7. The van der Waals surface area contributed by atoms with Crippen LogP contribution in [0, 0.1) is 5.82 Å². The largest absolute Gasteiger partial charge is 0.477 e. The molecule has 4 heterocycles. The van der Waals surface area contributed by atoms with Gasteiger partial charge in [-0.2, -0.15) is 0 Å². The Morgan fingerprint density at radius 1 is 1.12 bits per heavy atom. The molecule has 2 aliphatic heterocycles. The SMILES string of the molecule is CCOC1CN(c2nc3ccc(-n4cc(C(=O)O)c(=O)cc4-c4ccc(N5CCC(OC)C5)c(F)c4)cc3s2)C1. The molecule has 6 rings (SSSR count). The van der Waals surface area contributed by atoms with E-state index in [0.29, 0.717) is 42.3 Å². The number of hydrogen-bond donors (Lipinski definition) is 1. The van der Waals surface area contributed by atoms with Gasteiger partial charge < -0.3 is 28.9 Å². The van der Waals surface area contributed by atoms with E-state index >= 15 is 4.39 Å². The third-order valence-electron chi connectivity index (χ3n) is 7.50. The maximum Gasteiger partial charge on any atom is 0.341 e. The number of thiazole rings is 1. The molecule has 0 saturated carbocycles. The number of aromatic nitrogens is 2. The number of carbonyl (C=O) groups is 1. The number of rotatable bonds is 8. The topological polar surface area (TPSA) is 97.1 Å². The van der Waals surface area contributed by atoms with Gasteiger partial charge in [0, 0.05) is 63.4 Å². The minimum absolute atomic E-state index is 0.0576. The van der Waals surface area contributed by atoms with E-state index in [0.717, 1.165) is 34.9 Å². The maximum atomic E-state index is 15.4. The molecular weight excluding hydrogens is 535 g/mol. The number of methoxy groups -OCH3 is 1. The van der Waals surface area contributed by atoms with Crippen molar-refractivity contribution in [1.29, 1.82) is 0 Å². The van der Waals surface area contributed by atoms with E-state index in [4.69, 9.17) is 14.5 Å². The Morgan fingerprint density at radius 2 is 1.93 bits per heavy atom. The number of aromatic carboxylic acids is 1. The van der Waals surface area contributed by atoms with Gasteiger partial charge in [0.2, 0.25) is 0 Å².